The minimum atomic E-state index is -0.757. The second-order valence-electron chi connectivity index (χ2n) is 4.81. The van der Waals surface area contributed by atoms with Gasteiger partial charge < -0.3 is 10.1 Å². The smallest absolute Gasteiger partial charge is 0.390 e. The molecule has 0 aromatic carbocycles. The van der Waals surface area contributed by atoms with Crippen molar-refractivity contribution in [3.8, 4) is 0 Å². The van der Waals surface area contributed by atoms with Gasteiger partial charge >= 0.3 is 5.95 Å². The summed E-state index contributed by atoms with van der Waals surface area (Å²) in [4.78, 5) is 14.0. The third-order valence-electron chi connectivity index (χ3n) is 3.49. The van der Waals surface area contributed by atoms with Crippen LogP contribution in [-0.2, 0) is 0 Å². The Labute approximate surface area is 112 Å². The van der Waals surface area contributed by atoms with E-state index in [1.54, 1.807) is 4.45 Å². The number of rotatable bonds is 4. The monoisotopic (exact) mass is 284 g/mol. The van der Waals surface area contributed by atoms with Crippen LogP contribution in [-0.4, -0.2) is 55.0 Å². The number of hydrogen-bond acceptors (Lipinski definition) is 6. The molecule has 0 N–H and O–H groups in total. The van der Waals surface area contributed by atoms with Crippen molar-refractivity contribution in [1.29, 1.82) is 0 Å². The Bertz CT molecular complexity index is 439. The van der Waals surface area contributed by atoms with Crippen LogP contribution in [0.25, 0.3) is 0 Å². The molecule has 0 amide bonds. The molecule has 2 aliphatic heterocycles. The first-order valence-corrected chi connectivity index (χ1v) is 7.82. The lowest BCUT2D eigenvalue weighted by Gasteiger charge is -2.31. The van der Waals surface area contributed by atoms with E-state index in [1.807, 2.05) is 0 Å². The molecular weight excluding hydrogens is 267 g/mol. The van der Waals surface area contributed by atoms with Gasteiger partial charge in [0.25, 0.3) is 0 Å². The van der Waals surface area contributed by atoms with E-state index in [1.165, 1.54) is 32.0 Å². The topological polar surface area (TPSA) is 80.3 Å². The molecule has 0 bridgehead atoms. The molecule has 0 atom stereocenters. The van der Waals surface area contributed by atoms with E-state index in [0.717, 1.165) is 26.2 Å². The third kappa shape index (κ3) is 2.61. The van der Waals surface area contributed by atoms with Crippen LogP contribution in [0.1, 0.15) is 25.7 Å². The molecule has 104 valence electrons. The summed E-state index contributed by atoms with van der Waals surface area (Å²) >= 11 is 0. The van der Waals surface area contributed by atoms with Crippen LogP contribution in [0.3, 0.4) is 0 Å². The number of hydrogen-bond donors (Lipinski definition) is 0. The average molecular weight is 284 g/mol. The van der Waals surface area contributed by atoms with Crippen molar-refractivity contribution in [3.05, 3.63) is 16.4 Å². The largest absolute Gasteiger partial charge is 0.491 e. The second kappa shape index (κ2) is 5.48. The first kappa shape index (κ1) is 12.9. The molecule has 9 heteroatoms. The highest BCUT2D eigenvalue weighted by Crippen LogP contribution is 2.48. The minimum Gasteiger partial charge on any atom is -0.390 e. The maximum atomic E-state index is 10.7. The zero-order valence-corrected chi connectivity index (χ0v) is 11.6. The summed E-state index contributed by atoms with van der Waals surface area (Å²) in [5, 5.41) is 14.8. The van der Waals surface area contributed by atoms with Crippen LogP contribution in [0.15, 0.2) is 6.33 Å². The normalized spacial score (nSPS) is 21.5. The van der Waals surface area contributed by atoms with Crippen LogP contribution in [0.4, 0.5) is 5.95 Å². The Morgan fingerprint density at radius 2 is 1.63 bits per heavy atom. The van der Waals surface area contributed by atoms with E-state index < -0.39 is 13.3 Å². The number of nitro groups is 1. The van der Waals surface area contributed by atoms with E-state index in [4.69, 9.17) is 0 Å². The first-order chi connectivity index (χ1) is 9.25. The highest BCUT2D eigenvalue weighted by molar-refractivity contribution is 7.50. The van der Waals surface area contributed by atoms with Crippen LogP contribution in [0.5, 0.6) is 0 Å². The van der Waals surface area contributed by atoms with E-state index in [-0.39, 0.29) is 5.95 Å². The molecule has 3 rings (SSSR count). The summed E-state index contributed by atoms with van der Waals surface area (Å²) in [6, 6.07) is 0. The molecule has 0 saturated carbocycles. The van der Waals surface area contributed by atoms with Gasteiger partial charge in [0.05, 0.1) is 0 Å². The summed E-state index contributed by atoms with van der Waals surface area (Å²) in [5.41, 5.74) is 0. The summed E-state index contributed by atoms with van der Waals surface area (Å²) < 4.78 is 6.52. The molecule has 1 aromatic rings. The van der Waals surface area contributed by atoms with Crippen molar-refractivity contribution >= 4 is 14.3 Å². The molecule has 0 aliphatic carbocycles. The summed E-state index contributed by atoms with van der Waals surface area (Å²) in [6.07, 6.45) is 6.31. The molecule has 0 unspecified atom stereocenters. The van der Waals surface area contributed by atoms with Crippen molar-refractivity contribution in [2.75, 3.05) is 26.2 Å². The second-order valence-corrected chi connectivity index (χ2v) is 6.89. The van der Waals surface area contributed by atoms with E-state index >= 15 is 0 Å². The zero-order chi connectivity index (χ0) is 13.2. The Morgan fingerprint density at radius 1 is 1.11 bits per heavy atom. The molecule has 3 heterocycles. The summed E-state index contributed by atoms with van der Waals surface area (Å²) in [6.45, 7) is 4.21. The molecule has 0 radical (unpaired) electrons. The average Bonchev–Trinajstić information content (AvgIpc) is 3.12. The van der Waals surface area contributed by atoms with Gasteiger partial charge in [-0.25, -0.2) is 0 Å². The van der Waals surface area contributed by atoms with Gasteiger partial charge in [0.15, 0.2) is 8.37 Å². The Morgan fingerprint density at radius 3 is 2.05 bits per heavy atom. The predicted octanol–water partition coefficient (Wildman–Crippen LogP) is 1.45. The molecule has 2 fully saturated rings. The molecule has 2 saturated heterocycles. The van der Waals surface area contributed by atoms with Gasteiger partial charge in [0.1, 0.15) is 0 Å². The van der Waals surface area contributed by atoms with Crippen LogP contribution < -0.4 is 0 Å². The highest BCUT2D eigenvalue weighted by Gasteiger charge is 2.35. The van der Waals surface area contributed by atoms with Gasteiger partial charge in [-0.1, -0.05) is 4.98 Å². The maximum absolute atomic E-state index is 10.7. The van der Waals surface area contributed by atoms with Gasteiger partial charge in [-0.2, -0.15) is 0 Å². The SMILES string of the molecule is O=[N+]([O-])c1ncn(P(N2CCCC2)N2CCCC2)n1. The third-order valence-corrected chi connectivity index (χ3v) is 5.86. The summed E-state index contributed by atoms with van der Waals surface area (Å²) in [5.74, 6) is -0.300. The van der Waals surface area contributed by atoms with E-state index in [2.05, 4.69) is 19.4 Å². The molecule has 0 spiro atoms. The Kier molecular flexibility index (Phi) is 3.72. The number of nitrogens with zero attached hydrogens (tertiary/aromatic N) is 6. The van der Waals surface area contributed by atoms with Crippen LogP contribution in [0.2, 0.25) is 0 Å². The fourth-order valence-corrected chi connectivity index (χ4v) is 5.07. The van der Waals surface area contributed by atoms with Crippen molar-refractivity contribution in [2.24, 2.45) is 0 Å². The Balaban J connectivity index is 1.85. The molecule has 2 aliphatic rings. The Hall–Kier alpha value is -1.11. The number of aromatic nitrogens is 3. The lowest BCUT2D eigenvalue weighted by molar-refractivity contribution is -0.394. The van der Waals surface area contributed by atoms with Crippen LogP contribution in [0, 0.1) is 10.1 Å². The fraction of sp³-hybridized carbons (Fsp3) is 0.800. The van der Waals surface area contributed by atoms with Gasteiger partial charge in [-0.15, -0.1) is 4.45 Å². The van der Waals surface area contributed by atoms with Crippen molar-refractivity contribution in [3.63, 3.8) is 0 Å². The van der Waals surface area contributed by atoms with E-state index in [9.17, 15) is 10.1 Å². The predicted molar refractivity (Wildman–Crippen MR) is 70.6 cm³/mol. The van der Waals surface area contributed by atoms with E-state index in [0.29, 0.717) is 0 Å². The standard InChI is InChI=1S/C10H17N6O2P/c17-16(18)10-11-9-15(12-10)19(13-5-1-2-6-13)14-7-3-4-8-14/h9H,1-8H2. The van der Waals surface area contributed by atoms with Gasteiger partial charge in [0, 0.05) is 31.3 Å². The fourth-order valence-electron chi connectivity index (χ4n) is 2.61. The lowest BCUT2D eigenvalue weighted by atomic mass is 10.4. The quantitative estimate of drug-likeness (QED) is 0.473. The highest BCUT2D eigenvalue weighted by atomic mass is 31.2. The van der Waals surface area contributed by atoms with Crippen molar-refractivity contribution < 1.29 is 4.92 Å². The van der Waals surface area contributed by atoms with Gasteiger partial charge in [-0.05, 0) is 30.6 Å². The van der Waals surface area contributed by atoms with Crippen molar-refractivity contribution in [2.45, 2.75) is 25.7 Å². The maximum Gasteiger partial charge on any atom is 0.491 e. The summed E-state index contributed by atoms with van der Waals surface area (Å²) in [7, 11) is -0.757. The molecular formula is C10H17N6O2P. The van der Waals surface area contributed by atoms with Gasteiger partial charge in [-0.3, -0.25) is 9.34 Å². The first-order valence-electron chi connectivity index (χ1n) is 6.62. The zero-order valence-electron chi connectivity index (χ0n) is 10.7. The van der Waals surface area contributed by atoms with Crippen LogP contribution >= 0.6 is 8.37 Å². The van der Waals surface area contributed by atoms with Crippen molar-refractivity contribution in [1.82, 2.24) is 23.9 Å². The lowest BCUT2D eigenvalue weighted by Crippen LogP contribution is -2.28. The molecule has 1 aromatic heterocycles. The van der Waals surface area contributed by atoms with Gasteiger partial charge in [0.2, 0.25) is 6.33 Å². The molecule has 8 nitrogen and oxygen atoms in total. The molecule has 19 heavy (non-hydrogen) atoms. The minimum absolute atomic E-state index is 0.300.